The Morgan fingerprint density at radius 2 is 2.24 bits per heavy atom. The van der Waals surface area contributed by atoms with Crippen molar-refractivity contribution >= 4 is 0 Å². The highest BCUT2D eigenvalue weighted by molar-refractivity contribution is 4.78. The van der Waals surface area contributed by atoms with Gasteiger partial charge in [-0.15, -0.1) is 0 Å². The number of rotatable bonds is 7. The van der Waals surface area contributed by atoms with Gasteiger partial charge in [-0.2, -0.15) is 0 Å². The van der Waals surface area contributed by atoms with Crippen molar-refractivity contribution in [2.24, 2.45) is 5.92 Å². The van der Waals surface area contributed by atoms with Gasteiger partial charge in [0, 0.05) is 19.7 Å². The zero-order valence-corrected chi connectivity index (χ0v) is 12.0. The van der Waals surface area contributed by atoms with Crippen LogP contribution in [0.25, 0.3) is 0 Å². The van der Waals surface area contributed by atoms with Crippen LogP contribution in [0.5, 0.6) is 0 Å². The molecule has 0 aromatic rings. The number of hydrogen-bond acceptors (Lipinski definition) is 3. The van der Waals surface area contributed by atoms with Gasteiger partial charge in [-0.3, -0.25) is 0 Å². The molecule has 0 aromatic carbocycles. The van der Waals surface area contributed by atoms with Crippen LogP contribution in [0.15, 0.2) is 0 Å². The average Bonchev–Trinajstić information content (AvgIpc) is 2.31. The van der Waals surface area contributed by atoms with Gasteiger partial charge in [-0.25, -0.2) is 0 Å². The SMILES string of the molecule is CCNC(C)CCCN1CCC(C)C(OC)C1. The maximum absolute atomic E-state index is 5.55. The van der Waals surface area contributed by atoms with Gasteiger partial charge < -0.3 is 15.0 Å². The molecule has 0 radical (unpaired) electrons. The zero-order chi connectivity index (χ0) is 12.7. The van der Waals surface area contributed by atoms with E-state index in [-0.39, 0.29) is 0 Å². The van der Waals surface area contributed by atoms with Crippen LogP contribution in [0, 0.1) is 5.92 Å². The molecule has 0 spiro atoms. The second kappa shape index (κ2) is 8.06. The third-order valence-electron chi connectivity index (χ3n) is 3.94. The Morgan fingerprint density at radius 1 is 1.47 bits per heavy atom. The van der Waals surface area contributed by atoms with E-state index in [0.29, 0.717) is 12.1 Å². The summed E-state index contributed by atoms with van der Waals surface area (Å²) in [4.78, 5) is 2.56. The van der Waals surface area contributed by atoms with Crippen molar-refractivity contribution in [1.29, 1.82) is 0 Å². The van der Waals surface area contributed by atoms with E-state index in [4.69, 9.17) is 4.74 Å². The van der Waals surface area contributed by atoms with Gasteiger partial charge in [-0.1, -0.05) is 13.8 Å². The lowest BCUT2D eigenvalue weighted by Gasteiger charge is -2.36. The van der Waals surface area contributed by atoms with Crippen molar-refractivity contribution in [3.8, 4) is 0 Å². The van der Waals surface area contributed by atoms with E-state index >= 15 is 0 Å². The monoisotopic (exact) mass is 242 g/mol. The number of nitrogens with one attached hydrogen (secondary N) is 1. The minimum atomic E-state index is 0.440. The molecule has 1 rings (SSSR count). The molecule has 0 saturated carbocycles. The molecule has 0 amide bonds. The Morgan fingerprint density at radius 3 is 2.88 bits per heavy atom. The van der Waals surface area contributed by atoms with E-state index in [0.717, 1.165) is 19.0 Å². The summed E-state index contributed by atoms with van der Waals surface area (Å²) in [5, 5.41) is 3.47. The first-order valence-corrected chi connectivity index (χ1v) is 7.15. The minimum absolute atomic E-state index is 0.440. The molecule has 1 aliphatic rings. The van der Waals surface area contributed by atoms with Crippen LogP contribution in [0.4, 0.5) is 0 Å². The number of hydrogen-bond donors (Lipinski definition) is 1. The third kappa shape index (κ3) is 5.36. The molecule has 3 heteroatoms. The Labute approximate surface area is 107 Å². The van der Waals surface area contributed by atoms with Crippen LogP contribution in [0.3, 0.4) is 0 Å². The van der Waals surface area contributed by atoms with E-state index < -0.39 is 0 Å². The number of ether oxygens (including phenoxy) is 1. The van der Waals surface area contributed by atoms with Crippen LogP contribution in [0.1, 0.15) is 40.0 Å². The van der Waals surface area contributed by atoms with Gasteiger partial charge in [0.2, 0.25) is 0 Å². The first-order chi connectivity index (χ1) is 8.17. The largest absolute Gasteiger partial charge is 0.380 e. The topological polar surface area (TPSA) is 24.5 Å². The minimum Gasteiger partial charge on any atom is -0.380 e. The fourth-order valence-corrected chi connectivity index (χ4v) is 2.68. The molecule has 3 unspecified atom stereocenters. The van der Waals surface area contributed by atoms with Crippen molar-refractivity contribution < 1.29 is 4.74 Å². The van der Waals surface area contributed by atoms with E-state index in [1.54, 1.807) is 0 Å². The summed E-state index contributed by atoms with van der Waals surface area (Å²) in [6.07, 6.45) is 4.28. The van der Waals surface area contributed by atoms with Gasteiger partial charge in [0.1, 0.15) is 0 Å². The highest BCUT2D eigenvalue weighted by atomic mass is 16.5. The Balaban J connectivity index is 2.15. The number of methoxy groups -OCH3 is 1. The first-order valence-electron chi connectivity index (χ1n) is 7.15. The molecule has 0 aromatic heterocycles. The van der Waals surface area contributed by atoms with Crippen LogP contribution in [-0.2, 0) is 4.74 Å². The standard InChI is InChI=1S/C14H30N2O/c1-5-15-13(3)7-6-9-16-10-8-12(2)14(11-16)17-4/h12-15H,5-11H2,1-4H3. The summed E-state index contributed by atoms with van der Waals surface area (Å²) in [5.41, 5.74) is 0. The molecule has 1 fully saturated rings. The smallest absolute Gasteiger partial charge is 0.0724 e. The molecule has 1 N–H and O–H groups in total. The average molecular weight is 242 g/mol. The molecule has 1 aliphatic heterocycles. The maximum atomic E-state index is 5.55. The van der Waals surface area contributed by atoms with Crippen LogP contribution in [-0.4, -0.2) is 50.3 Å². The summed E-state index contributed by atoms with van der Waals surface area (Å²) in [6.45, 7) is 11.4. The molecular formula is C14H30N2O. The summed E-state index contributed by atoms with van der Waals surface area (Å²) in [5.74, 6) is 0.719. The molecule has 3 nitrogen and oxygen atoms in total. The highest BCUT2D eigenvalue weighted by Crippen LogP contribution is 2.19. The van der Waals surface area contributed by atoms with Crippen LogP contribution in [0.2, 0.25) is 0 Å². The van der Waals surface area contributed by atoms with Crippen LogP contribution >= 0.6 is 0 Å². The summed E-state index contributed by atoms with van der Waals surface area (Å²) in [6, 6.07) is 0.655. The predicted octanol–water partition coefficient (Wildman–Crippen LogP) is 2.12. The summed E-state index contributed by atoms with van der Waals surface area (Å²) < 4.78 is 5.55. The second-order valence-corrected chi connectivity index (χ2v) is 5.44. The molecule has 0 aliphatic carbocycles. The Kier molecular flexibility index (Phi) is 7.09. The molecule has 17 heavy (non-hydrogen) atoms. The van der Waals surface area contributed by atoms with Gasteiger partial charge in [-0.05, 0) is 51.7 Å². The van der Waals surface area contributed by atoms with Crippen molar-refractivity contribution in [3.63, 3.8) is 0 Å². The lowest BCUT2D eigenvalue weighted by Crippen LogP contribution is -2.44. The van der Waals surface area contributed by atoms with Gasteiger partial charge in [0.15, 0.2) is 0 Å². The molecule has 0 bridgehead atoms. The van der Waals surface area contributed by atoms with E-state index in [1.165, 1.54) is 32.4 Å². The van der Waals surface area contributed by atoms with Crippen molar-refractivity contribution in [2.45, 2.75) is 52.2 Å². The molecule has 102 valence electrons. The number of nitrogens with zero attached hydrogens (tertiary/aromatic N) is 1. The fraction of sp³-hybridized carbons (Fsp3) is 1.00. The first kappa shape index (κ1) is 14.9. The van der Waals surface area contributed by atoms with Crippen molar-refractivity contribution in [2.75, 3.05) is 33.3 Å². The zero-order valence-electron chi connectivity index (χ0n) is 12.0. The lowest BCUT2D eigenvalue weighted by molar-refractivity contribution is -0.00535. The normalized spacial score (nSPS) is 28.2. The molecule has 1 heterocycles. The maximum Gasteiger partial charge on any atom is 0.0724 e. The Bertz CT molecular complexity index is 199. The molecule has 3 atom stereocenters. The highest BCUT2D eigenvalue weighted by Gasteiger charge is 2.25. The van der Waals surface area contributed by atoms with Gasteiger partial charge >= 0.3 is 0 Å². The molecule has 1 saturated heterocycles. The van der Waals surface area contributed by atoms with E-state index in [1.807, 2.05) is 7.11 Å². The summed E-state index contributed by atoms with van der Waals surface area (Å²) in [7, 11) is 1.85. The van der Waals surface area contributed by atoms with Gasteiger partial charge in [0.25, 0.3) is 0 Å². The van der Waals surface area contributed by atoms with Crippen molar-refractivity contribution in [1.82, 2.24) is 10.2 Å². The number of likely N-dealkylation sites (tertiary alicyclic amines) is 1. The second-order valence-electron chi connectivity index (χ2n) is 5.44. The number of piperidine rings is 1. The predicted molar refractivity (Wildman–Crippen MR) is 73.4 cm³/mol. The van der Waals surface area contributed by atoms with Crippen LogP contribution < -0.4 is 5.32 Å². The van der Waals surface area contributed by atoms with E-state index in [9.17, 15) is 0 Å². The lowest BCUT2D eigenvalue weighted by atomic mass is 9.95. The van der Waals surface area contributed by atoms with Gasteiger partial charge in [0.05, 0.1) is 6.10 Å². The quantitative estimate of drug-likeness (QED) is 0.740. The van der Waals surface area contributed by atoms with Crippen molar-refractivity contribution in [3.05, 3.63) is 0 Å². The summed E-state index contributed by atoms with van der Waals surface area (Å²) >= 11 is 0. The third-order valence-corrected chi connectivity index (χ3v) is 3.94. The molecular weight excluding hydrogens is 212 g/mol. The Hall–Kier alpha value is -0.120. The van der Waals surface area contributed by atoms with E-state index in [2.05, 4.69) is 31.0 Å². The fourth-order valence-electron chi connectivity index (χ4n) is 2.68.